The number of rotatable bonds is 4. The number of carbonyl (C=O) groups excluding carboxylic acids is 2. The summed E-state index contributed by atoms with van der Waals surface area (Å²) in [6, 6.07) is 7.37. The Balaban J connectivity index is 2.28. The number of thiol groups is 1. The molecule has 0 radical (unpaired) electrons. The van der Waals surface area contributed by atoms with Crippen molar-refractivity contribution in [1.29, 1.82) is 0 Å². The van der Waals surface area contributed by atoms with Crippen LogP contribution in [0.3, 0.4) is 0 Å². The topological polar surface area (TPSA) is 62.0 Å². The number of hydrogen-bond donors (Lipinski definition) is 3. The number of aromatic amines is 1. The Kier molecular flexibility index (Phi) is 3.49. The Morgan fingerprint density at radius 3 is 2.82 bits per heavy atom. The van der Waals surface area contributed by atoms with Crippen molar-refractivity contribution < 1.29 is 9.59 Å². The van der Waals surface area contributed by atoms with Gasteiger partial charge in [-0.1, -0.05) is 18.2 Å². The zero-order chi connectivity index (χ0) is 12.3. The smallest absolute Gasteiger partial charge is 0.292 e. The lowest BCUT2D eigenvalue weighted by molar-refractivity contribution is -0.116. The molecule has 5 heteroatoms. The molecule has 0 saturated carbocycles. The first kappa shape index (κ1) is 11.7. The first-order chi connectivity index (χ1) is 8.24. The highest BCUT2D eigenvalue weighted by Crippen LogP contribution is 2.17. The number of benzene rings is 1. The molecule has 0 bridgehead atoms. The van der Waals surface area contributed by atoms with Crippen molar-refractivity contribution in [2.75, 3.05) is 12.3 Å². The molecule has 1 aromatic carbocycles. The van der Waals surface area contributed by atoms with E-state index in [4.69, 9.17) is 0 Å². The van der Waals surface area contributed by atoms with E-state index < -0.39 is 11.7 Å². The standard InChI is InChI=1S/C12H12N2O2S/c15-11(12(16)13-5-6-17)9-7-14-10-4-2-1-3-8(9)10/h1-4,7,14,17H,5-6H2,(H,13,16). The molecule has 0 aliphatic heterocycles. The van der Waals surface area contributed by atoms with Crippen LogP contribution in [0.25, 0.3) is 10.9 Å². The third kappa shape index (κ3) is 2.34. The lowest BCUT2D eigenvalue weighted by Crippen LogP contribution is -2.32. The fourth-order valence-corrected chi connectivity index (χ4v) is 1.74. The Labute approximate surface area is 104 Å². The fraction of sp³-hybridized carbons (Fsp3) is 0.167. The first-order valence-electron chi connectivity index (χ1n) is 5.23. The molecule has 0 atom stereocenters. The van der Waals surface area contributed by atoms with Gasteiger partial charge in [-0.05, 0) is 6.07 Å². The van der Waals surface area contributed by atoms with Crippen LogP contribution in [0, 0.1) is 0 Å². The van der Waals surface area contributed by atoms with Crippen molar-refractivity contribution in [2.45, 2.75) is 0 Å². The van der Waals surface area contributed by atoms with Gasteiger partial charge in [-0.15, -0.1) is 0 Å². The predicted octanol–water partition coefficient (Wildman–Crippen LogP) is 1.40. The van der Waals surface area contributed by atoms with Crippen LogP contribution >= 0.6 is 12.6 Å². The molecule has 0 fully saturated rings. The number of ketones is 1. The zero-order valence-electron chi connectivity index (χ0n) is 9.06. The molecule has 2 N–H and O–H groups in total. The van der Waals surface area contributed by atoms with Crippen LogP contribution in [0.1, 0.15) is 10.4 Å². The zero-order valence-corrected chi connectivity index (χ0v) is 9.96. The van der Waals surface area contributed by atoms with Gasteiger partial charge in [0.1, 0.15) is 0 Å². The quantitative estimate of drug-likeness (QED) is 0.435. The SMILES string of the molecule is O=C(NCCS)C(=O)c1c[nH]c2ccccc12. The molecule has 0 unspecified atom stereocenters. The predicted molar refractivity (Wildman–Crippen MR) is 69.5 cm³/mol. The average molecular weight is 248 g/mol. The number of amides is 1. The molecule has 0 aliphatic carbocycles. The number of para-hydroxylation sites is 1. The summed E-state index contributed by atoms with van der Waals surface area (Å²) in [5.41, 5.74) is 1.25. The van der Waals surface area contributed by atoms with Gasteiger partial charge < -0.3 is 10.3 Å². The maximum absolute atomic E-state index is 11.9. The molecule has 4 nitrogen and oxygen atoms in total. The lowest BCUT2D eigenvalue weighted by Gasteiger charge is -2.01. The van der Waals surface area contributed by atoms with Gasteiger partial charge in [-0.2, -0.15) is 12.6 Å². The number of carbonyl (C=O) groups is 2. The average Bonchev–Trinajstić information content (AvgIpc) is 2.78. The second-order valence-electron chi connectivity index (χ2n) is 3.56. The van der Waals surface area contributed by atoms with Gasteiger partial charge >= 0.3 is 0 Å². The van der Waals surface area contributed by atoms with E-state index in [0.29, 0.717) is 17.9 Å². The van der Waals surface area contributed by atoms with E-state index in [1.165, 1.54) is 0 Å². The monoisotopic (exact) mass is 248 g/mol. The fourth-order valence-electron chi connectivity index (χ4n) is 1.63. The van der Waals surface area contributed by atoms with Crippen molar-refractivity contribution in [3.63, 3.8) is 0 Å². The summed E-state index contributed by atoms with van der Waals surface area (Å²) in [6.07, 6.45) is 1.56. The van der Waals surface area contributed by atoms with Crippen LogP contribution in [0.15, 0.2) is 30.5 Å². The molecule has 88 valence electrons. The minimum Gasteiger partial charge on any atom is -0.360 e. The third-order valence-corrected chi connectivity index (χ3v) is 2.66. The Hall–Kier alpha value is -1.75. The van der Waals surface area contributed by atoms with Crippen molar-refractivity contribution in [3.05, 3.63) is 36.0 Å². The molecule has 2 aromatic rings. The van der Waals surface area contributed by atoms with E-state index >= 15 is 0 Å². The molecule has 17 heavy (non-hydrogen) atoms. The molecule has 0 aliphatic rings. The second kappa shape index (κ2) is 5.05. The normalized spacial score (nSPS) is 10.4. The van der Waals surface area contributed by atoms with Gasteiger partial charge in [-0.3, -0.25) is 9.59 Å². The molecule has 1 heterocycles. The van der Waals surface area contributed by atoms with Gasteiger partial charge in [-0.25, -0.2) is 0 Å². The highest BCUT2D eigenvalue weighted by Gasteiger charge is 2.18. The van der Waals surface area contributed by atoms with Crippen molar-refractivity contribution in [2.24, 2.45) is 0 Å². The van der Waals surface area contributed by atoms with E-state index in [9.17, 15) is 9.59 Å². The number of hydrogen-bond acceptors (Lipinski definition) is 3. The largest absolute Gasteiger partial charge is 0.360 e. The summed E-state index contributed by atoms with van der Waals surface area (Å²) in [5, 5.41) is 3.27. The summed E-state index contributed by atoms with van der Waals surface area (Å²) >= 11 is 3.97. The highest BCUT2D eigenvalue weighted by molar-refractivity contribution is 7.80. The van der Waals surface area contributed by atoms with Gasteiger partial charge in [0.2, 0.25) is 0 Å². The maximum atomic E-state index is 11.9. The highest BCUT2D eigenvalue weighted by atomic mass is 32.1. The first-order valence-corrected chi connectivity index (χ1v) is 5.87. The van der Waals surface area contributed by atoms with Gasteiger partial charge in [0.15, 0.2) is 0 Å². The minimum absolute atomic E-state index is 0.385. The summed E-state index contributed by atoms with van der Waals surface area (Å²) in [7, 11) is 0. The summed E-state index contributed by atoms with van der Waals surface area (Å²) in [4.78, 5) is 26.4. The van der Waals surface area contributed by atoms with Gasteiger partial charge in [0, 0.05) is 29.4 Å². The molecule has 1 amide bonds. The van der Waals surface area contributed by atoms with Crippen LogP contribution in [-0.2, 0) is 4.79 Å². The minimum atomic E-state index is -0.594. The third-order valence-electron chi connectivity index (χ3n) is 2.44. The molecular formula is C12H12N2O2S. The van der Waals surface area contributed by atoms with E-state index in [1.54, 1.807) is 6.20 Å². The summed E-state index contributed by atoms with van der Waals surface area (Å²) < 4.78 is 0. The maximum Gasteiger partial charge on any atom is 0.292 e. The Morgan fingerprint density at radius 1 is 1.29 bits per heavy atom. The van der Waals surface area contributed by atoms with Crippen LogP contribution in [-0.4, -0.2) is 29.0 Å². The van der Waals surface area contributed by atoms with Gasteiger partial charge in [0.25, 0.3) is 11.7 Å². The summed E-state index contributed by atoms with van der Waals surface area (Å²) in [6.45, 7) is 0.385. The number of nitrogens with one attached hydrogen (secondary N) is 2. The van der Waals surface area contributed by atoms with E-state index in [0.717, 1.165) is 10.9 Å². The molecule has 0 spiro atoms. The van der Waals surface area contributed by atoms with Crippen molar-refractivity contribution in [1.82, 2.24) is 10.3 Å². The Bertz CT molecular complexity index is 562. The molecule has 1 aromatic heterocycles. The van der Waals surface area contributed by atoms with E-state index in [2.05, 4.69) is 22.9 Å². The Morgan fingerprint density at radius 2 is 2.06 bits per heavy atom. The van der Waals surface area contributed by atoms with Crippen LogP contribution in [0.5, 0.6) is 0 Å². The lowest BCUT2D eigenvalue weighted by atomic mass is 10.1. The number of Topliss-reactive ketones (excluding diaryl/α,β-unsaturated/α-hetero) is 1. The number of H-pyrrole nitrogens is 1. The number of fused-ring (bicyclic) bond motifs is 1. The van der Waals surface area contributed by atoms with Crippen molar-refractivity contribution in [3.8, 4) is 0 Å². The molecule has 2 rings (SSSR count). The van der Waals surface area contributed by atoms with E-state index in [-0.39, 0.29) is 0 Å². The number of aromatic nitrogens is 1. The van der Waals surface area contributed by atoms with Gasteiger partial charge in [0.05, 0.1) is 5.56 Å². The van der Waals surface area contributed by atoms with Crippen LogP contribution in [0.4, 0.5) is 0 Å². The summed E-state index contributed by atoms with van der Waals surface area (Å²) in [5.74, 6) is -0.611. The van der Waals surface area contributed by atoms with Crippen molar-refractivity contribution >= 4 is 35.2 Å². The molecular weight excluding hydrogens is 236 g/mol. The second-order valence-corrected chi connectivity index (χ2v) is 4.00. The molecule has 0 saturated heterocycles. The van der Waals surface area contributed by atoms with Crippen LogP contribution < -0.4 is 5.32 Å². The van der Waals surface area contributed by atoms with Crippen LogP contribution in [0.2, 0.25) is 0 Å². The van der Waals surface area contributed by atoms with E-state index in [1.807, 2.05) is 24.3 Å².